The monoisotopic (exact) mass is 314 g/mol. The Morgan fingerprint density at radius 1 is 0.783 bits per heavy atom. The summed E-state index contributed by atoms with van der Waals surface area (Å²) in [6.45, 7) is 0. The third-order valence-corrected chi connectivity index (χ3v) is 3.47. The van der Waals surface area contributed by atoms with Gasteiger partial charge in [0.15, 0.2) is 0 Å². The molecule has 8 N–H and O–H groups in total. The number of amides is 4. The van der Waals surface area contributed by atoms with Crippen LogP contribution in [-0.2, 0) is 0 Å². The molecule has 3 aromatic rings. The van der Waals surface area contributed by atoms with Crippen molar-refractivity contribution in [2.24, 2.45) is 23.2 Å². The van der Waals surface area contributed by atoms with Crippen LogP contribution in [0.5, 0.6) is 0 Å². The molecule has 1 heterocycles. The number of anilines is 2. The summed E-state index contributed by atoms with van der Waals surface area (Å²) in [7, 11) is 0. The van der Waals surface area contributed by atoms with Crippen LogP contribution in [0.15, 0.2) is 40.8 Å². The molecule has 118 valence electrons. The maximum atomic E-state index is 11.2. The van der Waals surface area contributed by atoms with Crippen LogP contribution < -0.4 is 33.2 Å². The van der Waals surface area contributed by atoms with Gasteiger partial charge in [-0.2, -0.15) is 0 Å². The number of fused-ring (bicyclic) bond motifs is 3. The highest BCUT2D eigenvalue weighted by atomic mass is 16.3. The van der Waals surface area contributed by atoms with Crippen molar-refractivity contribution in [1.29, 1.82) is 0 Å². The molecule has 1 aromatic heterocycles. The minimum atomic E-state index is -0.789. The summed E-state index contributed by atoms with van der Waals surface area (Å²) in [4.78, 5) is 22.3. The summed E-state index contributed by atoms with van der Waals surface area (Å²) in [6, 6.07) is 8.34. The van der Waals surface area contributed by atoms with Gasteiger partial charge in [-0.15, -0.1) is 0 Å². The molecule has 3 rings (SSSR count). The second kappa shape index (κ2) is 5.16. The van der Waals surface area contributed by atoms with E-state index in [-0.39, 0.29) is 0 Å². The highest BCUT2D eigenvalue weighted by Crippen LogP contribution is 2.33. The van der Waals surface area contributed by atoms with Crippen molar-refractivity contribution < 1.29 is 14.0 Å². The number of furan rings is 1. The first-order valence-electron chi connectivity index (χ1n) is 6.53. The van der Waals surface area contributed by atoms with Crippen LogP contribution in [0, 0.1) is 0 Å². The average Bonchev–Trinajstić information content (AvgIpc) is 2.89. The fourth-order valence-electron chi connectivity index (χ4n) is 2.31. The summed E-state index contributed by atoms with van der Waals surface area (Å²) >= 11 is 0. The van der Waals surface area contributed by atoms with Gasteiger partial charge in [-0.3, -0.25) is 0 Å². The molecule has 9 nitrogen and oxygen atoms in total. The van der Waals surface area contributed by atoms with Crippen molar-refractivity contribution in [3.05, 3.63) is 36.4 Å². The molecule has 0 fully saturated rings. The molecule has 2 aromatic carbocycles. The lowest BCUT2D eigenvalue weighted by molar-refractivity contribution is 0.253. The van der Waals surface area contributed by atoms with Crippen LogP contribution in [0.3, 0.4) is 0 Å². The largest absolute Gasteiger partial charge is 0.456 e. The zero-order valence-electron chi connectivity index (χ0n) is 11.9. The number of primary amides is 2. The molecule has 0 atom stereocenters. The first kappa shape index (κ1) is 14.6. The van der Waals surface area contributed by atoms with Gasteiger partial charge in [-0.05, 0) is 30.3 Å². The van der Waals surface area contributed by atoms with Gasteiger partial charge in [-0.1, -0.05) is 0 Å². The Bertz CT molecular complexity index is 935. The number of urea groups is 2. The molecule has 0 saturated heterocycles. The van der Waals surface area contributed by atoms with Crippen molar-refractivity contribution in [1.82, 2.24) is 0 Å². The third kappa shape index (κ3) is 2.39. The number of nitrogens with zero attached hydrogens (tertiary/aromatic N) is 2. The number of hydrogen-bond acceptors (Lipinski definition) is 5. The highest BCUT2D eigenvalue weighted by molar-refractivity contribution is 6.08. The molecule has 0 spiro atoms. The zero-order valence-corrected chi connectivity index (χ0v) is 11.9. The number of hydrogen-bond donors (Lipinski definition) is 4. The van der Waals surface area contributed by atoms with E-state index in [9.17, 15) is 9.59 Å². The average molecular weight is 314 g/mol. The molecule has 0 aliphatic heterocycles. The zero-order chi connectivity index (χ0) is 16.7. The highest BCUT2D eigenvalue weighted by Gasteiger charge is 2.14. The first-order chi connectivity index (χ1) is 10.9. The quantitative estimate of drug-likeness (QED) is 0.316. The van der Waals surface area contributed by atoms with Crippen LogP contribution in [-0.4, -0.2) is 12.1 Å². The molecule has 0 aliphatic carbocycles. The van der Waals surface area contributed by atoms with Gasteiger partial charge in [0.2, 0.25) is 0 Å². The van der Waals surface area contributed by atoms with Crippen LogP contribution >= 0.6 is 0 Å². The SMILES string of the molecule is NC(=O)N(N)c1ccc2c(c1)oc1ccc(N(N)C(N)=O)cc12. The Balaban J connectivity index is 2.15. The number of nitrogens with two attached hydrogens (primary N) is 4. The summed E-state index contributed by atoms with van der Waals surface area (Å²) in [5.74, 6) is 11.2. The minimum absolute atomic E-state index is 0.391. The van der Waals surface area contributed by atoms with Crippen LogP contribution in [0.2, 0.25) is 0 Å². The molecule has 0 aliphatic rings. The lowest BCUT2D eigenvalue weighted by Gasteiger charge is -2.13. The molecule has 0 bridgehead atoms. The van der Waals surface area contributed by atoms with Crippen LogP contribution in [0.25, 0.3) is 21.9 Å². The van der Waals surface area contributed by atoms with Crippen molar-refractivity contribution in [2.45, 2.75) is 0 Å². The number of rotatable bonds is 2. The maximum absolute atomic E-state index is 11.2. The van der Waals surface area contributed by atoms with Crippen molar-refractivity contribution in [3.63, 3.8) is 0 Å². The normalized spacial score (nSPS) is 10.9. The Morgan fingerprint density at radius 2 is 1.35 bits per heavy atom. The minimum Gasteiger partial charge on any atom is -0.456 e. The van der Waals surface area contributed by atoms with Gasteiger partial charge < -0.3 is 15.9 Å². The Kier molecular flexibility index (Phi) is 3.28. The molecule has 4 amide bonds. The van der Waals surface area contributed by atoms with E-state index in [4.69, 9.17) is 27.6 Å². The number of carbonyl (C=O) groups excluding carboxylic acids is 2. The standard InChI is InChI=1S/C14H14N6O3/c15-13(21)19(17)7-2-4-11-10(5-7)9-3-1-8(6-12(9)23-11)20(18)14(16)22/h1-6H,17-18H2,(H2,15,21)(H2,16,22). The van der Waals surface area contributed by atoms with Crippen molar-refractivity contribution >= 4 is 45.4 Å². The fraction of sp³-hybridized carbons (Fsp3) is 0. The smallest absolute Gasteiger partial charge is 0.333 e. The van der Waals surface area contributed by atoms with Crippen LogP contribution in [0.1, 0.15) is 0 Å². The van der Waals surface area contributed by atoms with Crippen molar-refractivity contribution in [2.75, 3.05) is 10.0 Å². The lowest BCUT2D eigenvalue weighted by Crippen LogP contribution is -2.41. The van der Waals surface area contributed by atoms with Crippen LogP contribution in [0.4, 0.5) is 21.0 Å². The molecular weight excluding hydrogens is 300 g/mol. The van der Waals surface area contributed by atoms with Gasteiger partial charge in [0.05, 0.1) is 11.4 Å². The third-order valence-electron chi connectivity index (χ3n) is 3.47. The van der Waals surface area contributed by atoms with Gasteiger partial charge in [0.25, 0.3) is 0 Å². The summed E-state index contributed by atoms with van der Waals surface area (Å²) in [6.07, 6.45) is 0. The van der Waals surface area contributed by atoms with E-state index in [0.29, 0.717) is 22.5 Å². The van der Waals surface area contributed by atoms with Gasteiger partial charge in [-0.25, -0.2) is 31.3 Å². The molecule has 0 radical (unpaired) electrons. The molecule has 9 heteroatoms. The van der Waals surface area contributed by atoms with Gasteiger partial charge in [0, 0.05) is 16.8 Å². The van der Waals surface area contributed by atoms with E-state index in [1.165, 1.54) is 0 Å². The number of benzene rings is 2. The topological polar surface area (TPSA) is 158 Å². The van der Waals surface area contributed by atoms with E-state index >= 15 is 0 Å². The Hall–Kier alpha value is -3.30. The second-order valence-corrected chi connectivity index (χ2v) is 4.88. The predicted molar refractivity (Wildman–Crippen MR) is 86.2 cm³/mol. The fourth-order valence-corrected chi connectivity index (χ4v) is 2.31. The lowest BCUT2D eigenvalue weighted by atomic mass is 10.1. The second-order valence-electron chi connectivity index (χ2n) is 4.88. The van der Waals surface area contributed by atoms with E-state index in [2.05, 4.69) is 0 Å². The van der Waals surface area contributed by atoms with Gasteiger partial charge >= 0.3 is 12.1 Å². The number of carbonyl (C=O) groups is 2. The summed E-state index contributed by atoms with van der Waals surface area (Å²) in [5, 5.41) is 3.15. The molecular formula is C14H14N6O3. The predicted octanol–water partition coefficient (Wildman–Crippen LogP) is 1.10. The van der Waals surface area contributed by atoms with Gasteiger partial charge in [0.1, 0.15) is 11.2 Å². The van der Waals surface area contributed by atoms with E-state index in [1.54, 1.807) is 36.4 Å². The van der Waals surface area contributed by atoms with E-state index < -0.39 is 12.1 Å². The van der Waals surface area contributed by atoms with Crippen molar-refractivity contribution in [3.8, 4) is 0 Å². The summed E-state index contributed by atoms with van der Waals surface area (Å²) < 4.78 is 5.71. The van der Waals surface area contributed by atoms with E-state index in [0.717, 1.165) is 20.8 Å². The molecule has 23 heavy (non-hydrogen) atoms. The molecule has 0 unspecified atom stereocenters. The Morgan fingerprint density at radius 3 is 1.96 bits per heavy atom. The molecule has 0 saturated carbocycles. The number of hydrazine groups is 2. The maximum Gasteiger partial charge on any atom is 0.333 e. The van der Waals surface area contributed by atoms with E-state index in [1.807, 2.05) is 0 Å². The summed E-state index contributed by atoms with van der Waals surface area (Å²) in [5.41, 5.74) is 12.2. The Labute approximate surface area is 129 Å². The first-order valence-corrected chi connectivity index (χ1v) is 6.53.